The van der Waals surface area contributed by atoms with E-state index in [0.29, 0.717) is 5.92 Å². The van der Waals surface area contributed by atoms with E-state index in [-0.39, 0.29) is 0 Å². The van der Waals surface area contributed by atoms with Gasteiger partial charge in [-0.15, -0.1) is 0 Å². The van der Waals surface area contributed by atoms with Gasteiger partial charge in [-0.25, -0.2) is 0 Å². The van der Waals surface area contributed by atoms with Crippen molar-refractivity contribution in [2.75, 3.05) is 0 Å². The maximum Gasteiger partial charge on any atom is 0.167 e. The van der Waals surface area contributed by atoms with Gasteiger partial charge in [0.25, 0.3) is 0 Å². The Kier molecular flexibility index (Phi) is 3.38. The van der Waals surface area contributed by atoms with Crippen LogP contribution in [0.2, 0.25) is 0 Å². The minimum atomic E-state index is 0.510. The molecular weight excluding hydrogens is 246 g/mol. The van der Waals surface area contributed by atoms with Crippen LogP contribution in [0.1, 0.15) is 25.3 Å². The summed E-state index contributed by atoms with van der Waals surface area (Å²) in [5.41, 5.74) is 4.34. The molecule has 2 nitrogen and oxygen atoms in total. The highest BCUT2D eigenvalue weighted by molar-refractivity contribution is 5.67. The van der Waals surface area contributed by atoms with Gasteiger partial charge in [-0.1, -0.05) is 67.5 Å². The first-order valence-electron chi connectivity index (χ1n) is 6.86. The second kappa shape index (κ2) is 5.33. The summed E-state index contributed by atoms with van der Waals surface area (Å²) in [4.78, 5) is 0. The zero-order valence-electron chi connectivity index (χ0n) is 11.7. The lowest BCUT2D eigenvalue weighted by atomic mass is 9.99. The van der Waals surface area contributed by atoms with Gasteiger partial charge in [-0.2, -0.15) is 0 Å². The second-order valence-corrected chi connectivity index (χ2v) is 5.22. The fourth-order valence-electron chi connectivity index (χ4n) is 2.21. The molecule has 100 valence electrons. The Morgan fingerprint density at radius 3 is 2.35 bits per heavy atom. The van der Waals surface area contributed by atoms with Gasteiger partial charge in [-0.05, 0) is 17.5 Å². The van der Waals surface area contributed by atoms with E-state index in [4.69, 9.17) is 4.52 Å². The Balaban J connectivity index is 1.96. The summed E-state index contributed by atoms with van der Waals surface area (Å²) in [5.74, 6) is 1.31. The Morgan fingerprint density at radius 1 is 0.850 bits per heavy atom. The minimum absolute atomic E-state index is 0.510. The van der Waals surface area contributed by atoms with Crippen molar-refractivity contribution in [3.05, 3.63) is 66.2 Å². The molecule has 3 aromatic rings. The molecule has 0 radical (unpaired) electrons. The van der Waals surface area contributed by atoms with Gasteiger partial charge in [0, 0.05) is 17.2 Å². The molecule has 20 heavy (non-hydrogen) atoms. The second-order valence-electron chi connectivity index (χ2n) is 5.22. The molecule has 0 saturated carbocycles. The zero-order chi connectivity index (χ0) is 13.9. The van der Waals surface area contributed by atoms with E-state index in [0.717, 1.165) is 22.6 Å². The van der Waals surface area contributed by atoms with Gasteiger partial charge in [0.2, 0.25) is 0 Å². The van der Waals surface area contributed by atoms with Crippen LogP contribution in [-0.4, -0.2) is 5.16 Å². The van der Waals surface area contributed by atoms with Crippen molar-refractivity contribution >= 4 is 0 Å². The predicted molar refractivity (Wildman–Crippen MR) is 81.5 cm³/mol. The number of nitrogens with zero attached hydrogens (tertiary/aromatic N) is 1. The van der Waals surface area contributed by atoms with Crippen molar-refractivity contribution in [3.63, 3.8) is 0 Å². The van der Waals surface area contributed by atoms with Crippen LogP contribution in [0.4, 0.5) is 0 Å². The largest absolute Gasteiger partial charge is 0.356 e. The standard InChI is InChI=1S/C18H17NO/c1-13(2)15-9-6-10-16(11-15)17-12-18(20-19-17)14-7-4-3-5-8-14/h3-13H,1-2H3. The predicted octanol–water partition coefficient (Wildman–Crippen LogP) is 5.13. The van der Waals surface area contributed by atoms with E-state index in [9.17, 15) is 0 Å². The van der Waals surface area contributed by atoms with Crippen LogP contribution in [0.15, 0.2) is 65.2 Å². The SMILES string of the molecule is CC(C)c1cccc(-c2cc(-c3ccccc3)on2)c1. The Bertz CT molecular complexity index is 698. The van der Waals surface area contributed by atoms with E-state index in [1.165, 1.54) is 5.56 Å². The van der Waals surface area contributed by atoms with Crippen molar-refractivity contribution in [3.8, 4) is 22.6 Å². The lowest BCUT2D eigenvalue weighted by molar-refractivity contribution is 0.435. The molecule has 0 unspecified atom stereocenters. The molecule has 0 spiro atoms. The molecule has 0 aliphatic carbocycles. The van der Waals surface area contributed by atoms with Crippen LogP contribution in [0.3, 0.4) is 0 Å². The van der Waals surface area contributed by atoms with E-state index < -0.39 is 0 Å². The Hall–Kier alpha value is -2.35. The number of aromatic nitrogens is 1. The van der Waals surface area contributed by atoms with Gasteiger partial charge in [0.1, 0.15) is 5.69 Å². The normalized spacial score (nSPS) is 10.9. The third-order valence-corrected chi connectivity index (χ3v) is 3.42. The van der Waals surface area contributed by atoms with Gasteiger partial charge in [0.15, 0.2) is 5.76 Å². The van der Waals surface area contributed by atoms with E-state index >= 15 is 0 Å². The maximum atomic E-state index is 5.46. The quantitative estimate of drug-likeness (QED) is 0.654. The molecule has 0 aliphatic rings. The first kappa shape index (κ1) is 12.7. The topological polar surface area (TPSA) is 26.0 Å². The summed E-state index contributed by atoms with van der Waals surface area (Å²) in [6.07, 6.45) is 0. The highest BCUT2D eigenvalue weighted by atomic mass is 16.5. The number of hydrogen-bond donors (Lipinski definition) is 0. The third kappa shape index (κ3) is 2.50. The summed E-state index contributed by atoms with van der Waals surface area (Å²) in [6, 6.07) is 20.5. The van der Waals surface area contributed by atoms with Gasteiger partial charge < -0.3 is 4.52 Å². The van der Waals surface area contributed by atoms with Gasteiger partial charge in [-0.3, -0.25) is 0 Å². The molecule has 0 saturated heterocycles. The average molecular weight is 263 g/mol. The van der Waals surface area contributed by atoms with Gasteiger partial charge in [0.05, 0.1) is 0 Å². The summed E-state index contributed by atoms with van der Waals surface area (Å²) >= 11 is 0. The maximum absolute atomic E-state index is 5.46. The highest BCUT2D eigenvalue weighted by Gasteiger charge is 2.09. The Labute approximate surface area is 119 Å². The average Bonchev–Trinajstić information content (AvgIpc) is 2.98. The molecule has 0 N–H and O–H groups in total. The lowest BCUT2D eigenvalue weighted by Crippen LogP contribution is -1.87. The fourth-order valence-corrected chi connectivity index (χ4v) is 2.21. The summed E-state index contributed by atoms with van der Waals surface area (Å²) < 4.78 is 5.46. The summed E-state index contributed by atoms with van der Waals surface area (Å²) in [5, 5.41) is 4.19. The first-order chi connectivity index (χ1) is 9.74. The van der Waals surface area contributed by atoms with Crippen LogP contribution in [0.25, 0.3) is 22.6 Å². The van der Waals surface area contributed by atoms with Crippen LogP contribution >= 0.6 is 0 Å². The molecule has 1 aromatic heterocycles. The van der Waals surface area contributed by atoms with Crippen molar-refractivity contribution < 1.29 is 4.52 Å². The molecule has 3 rings (SSSR count). The molecular formula is C18H17NO. The zero-order valence-corrected chi connectivity index (χ0v) is 11.7. The molecule has 2 heteroatoms. The van der Waals surface area contributed by atoms with Crippen molar-refractivity contribution in [2.24, 2.45) is 0 Å². The summed E-state index contributed by atoms with van der Waals surface area (Å²) in [7, 11) is 0. The van der Waals surface area contributed by atoms with Crippen LogP contribution in [0.5, 0.6) is 0 Å². The fraction of sp³-hybridized carbons (Fsp3) is 0.167. The number of hydrogen-bond acceptors (Lipinski definition) is 2. The number of rotatable bonds is 3. The van der Waals surface area contributed by atoms with Gasteiger partial charge >= 0.3 is 0 Å². The minimum Gasteiger partial charge on any atom is -0.356 e. The smallest absolute Gasteiger partial charge is 0.167 e. The first-order valence-corrected chi connectivity index (χ1v) is 6.86. The van der Waals surface area contributed by atoms with Crippen LogP contribution in [-0.2, 0) is 0 Å². The highest BCUT2D eigenvalue weighted by Crippen LogP contribution is 2.27. The molecule has 0 bridgehead atoms. The van der Waals surface area contributed by atoms with Crippen LogP contribution in [0, 0.1) is 0 Å². The number of benzene rings is 2. The van der Waals surface area contributed by atoms with E-state index in [2.05, 4.69) is 43.3 Å². The molecule has 0 aliphatic heterocycles. The Morgan fingerprint density at radius 2 is 1.60 bits per heavy atom. The van der Waals surface area contributed by atoms with E-state index in [1.54, 1.807) is 0 Å². The van der Waals surface area contributed by atoms with Crippen molar-refractivity contribution in [1.29, 1.82) is 0 Å². The molecule has 2 aromatic carbocycles. The monoisotopic (exact) mass is 263 g/mol. The molecule has 0 amide bonds. The van der Waals surface area contributed by atoms with E-state index in [1.807, 2.05) is 36.4 Å². The van der Waals surface area contributed by atoms with Crippen molar-refractivity contribution in [2.45, 2.75) is 19.8 Å². The molecule has 1 heterocycles. The third-order valence-electron chi connectivity index (χ3n) is 3.42. The lowest BCUT2D eigenvalue weighted by Gasteiger charge is -2.05. The summed E-state index contributed by atoms with van der Waals surface area (Å²) in [6.45, 7) is 4.38. The molecule has 0 fully saturated rings. The van der Waals surface area contributed by atoms with Crippen molar-refractivity contribution in [1.82, 2.24) is 5.16 Å². The van der Waals surface area contributed by atoms with Crippen LogP contribution < -0.4 is 0 Å². The molecule has 0 atom stereocenters.